The van der Waals surface area contributed by atoms with Crippen LogP contribution in [0.3, 0.4) is 0 Å². The minimum atomic E-state index is -0.262. The quantitative estimate of drug-likeness (QED) is 0.584. The van der Waals surface area contributed by atoms with Crippen molar-refractivity contribution in [1.29, 1.82) is 0 Å². The van der Waals surface area contributed by atoms with Crippen LogP contribution in [0.25, 0.3) is 0 Å². The van der Waals surface area contributed by atoms with E-state index in [-0.39, 0.29) is 12.0 Å². The molecule has 1 fully saturated rings. The zero-order valence-corrected chi connectivity index (χ0v) is 6.75. The summed E-state index contributed by atoms with van der Waals surface area (Å²) in [6.45, 7) is 2.11. The number of ether oxygens (including phenoxy) is 1. The summed E-state index contributed by atoms with van der Waals surface area (Å²) in [4.78, 5) is 12.5. The molecule has 4 heteroatoms. The molecule has 0 aliphatic carbocycles. The summed E-state index contributed by atoms with van der Waals surface area (Å²) in [5.74, 6) is -0.262. The molecule has 1 aliphatic rings. The number of carbonyl (C=O) groups is 1. The highest BCUT2D eigenvalue weighted by atomic mass is 16.5. The van der Waals surface area contributed by atoms with E-state index in [1.165, 1.54) is 0 Å². The molecule has 0 radical (unpaired) electrons. The normalized spacial score (nSPS) is 25.7. The van der Waals surface area contributed by atoms with Crippen LogP contribution in [-0.4, -0.2) is 43.7 Å². The van der Waals surface area contributed by atoms with E-state index in [1.54, 1.807) is 7.11 Å². The van der Waals surface area contributed by atoms with Crippen molar-refractivity contribution in [3.8, 4) is 0 Å². The molecule has 1 saturated heterocycles. The van der Waals surface area contributed by atoms with E-state index in [2.05, 4.69) is 0 Å². The Kier molecular flexibility index (Phi) is 2.84. The van der Waals surface area contributed by atoms with Crippen LogP contribution in [0.15, 0.2) is 0 Å². The lowest BCUT2D eigenvalue weighted by Gasteiger charge is -2.12. The molecule has 1 rings (SSSR count). The Hall–Kier alpha value is -0.610. The Morgan fingerprint density at radius 1 is 1.82 bits per heavy atom. The van der Waals surface area contributed by atoms with Crippen molar-refractivity contribution in [2.45, 2.75) is 12.5 Å². The average Bonchev–Trinajstić information content (AvgIpc) is 2.34. The zero-order valence-electron chi connectivity index (χ0n) is 6.75. The second-order valence-electron chi connectivity index (χ2n) is 2.85. The molecule has 0 aromatic rings. The molecule has 0 spiro atoms. The van der Waals surface area contributed by atoms with Crippen molar-refractivity contribution >= 4 is 5.91 Å². The highest BCUT2D eigenvalue weighted by Gasteiger charge is 2.22. The van der Waals surface area contributed by atoms with Crippen molar-refractivity contribution in [1.82, 2.24) is 4.90 Å². The Morgan fingerprint density at radius 3 is 3.00 bits per heavy atom. The predicted octanol–water partition coefficient (Wildman–Crippen LogP) is -0.808. The number of carbonyl (C=O) groups excluding carboxylic acids is 1. The molecular weight excluding hydrogens is 144 g/mol. The minimum absolute atomic E-state index is 0.262. The largest absolute Gasteiger partial charge is 0.380 e. The fraction of sp³-hybridized carbons (Fsp3) is 0.857. The topological polar surface area (TPSA) is 55.6 Å². The third kappa shape index (κ3) is 2.48. The summed E-state index contributed by atoms with van der Waals surface area (Å²) in [6.07, 6.45) is 1.29. The third-order valence-corrected chi connectivity index (χ3v) is 1.94. The number of primary amides is 1. The van der Waals surface area contributed by atoms with E-state index in [0.717, 1.165) is 19.5 Å². The number of rotatable bonds is 3. The van der Waals surface area contributed by atoms with Gasteiger partial charge in [-0.2, -0.15) is 0 Å². The maximum absolute atomic E-state index is 10.5. The van der Waals surface area contributed by atoms with Crippen molar-refractivity contribution in [3.63, 3.8) is 0 Å². The molecule has 11 heavy (non-hydrogen) atoms. The summed E-state index contributed by atoms with van der Waals surface area (Å²) in [5, 5.41) is 0. The summed E-state index contributed by atoms with van der Waals surface area (Å²) >= 11 is 0. The highest BCUT2D eigenvalue weighted by molar-refractivity contribution is 5.75. The van der Waals surface area contributed by atoms with Crippen molar-refractivity contribution < 1.29 is 9.53 Å². The molecule has 1 amide bonds. The standard InChI is InChI=1S/C7H14N2O2/c1-11-6-2-3-9(4-6)5-7(8)10/h6H,2-5H2,1H3,(H2,8,10)/t6-/m1/s1. The van der Waals surface area contributed by atoms with Gasteiger partial charge in [0.15, 0.2) is 0 Å². The van der Waals surface area contributed by atoms with Gasteiger partial charge in [0, 0.05) is 20.2 Å². The maximum Gasteiger partial charge on any atom is 0.231 e. The minimum Gasteiger partial charge on any atom is -0.380 e. The fourth-order valence-electron chi connectivity index (χ4n) is 1.35. The van der Waals surface area contributed by atoms with Crippen LogP contribution < -0.4 is 5.73 Å². The monoisotopic (exact) mass is 158 g/mol. The number of hydrogen-bond acceptors (Lipinski definition) is 3. The molecular formula is C7H14N2O2. The van der Waals surface area contributed by atoms with Crippen molar-refractivity contribution in [2.75, 3.05) is 26.7 Å². The van der Waals surface area contributed by atoms with E-state index in [4.69, 9.17) is 10.5 Å². The van der Waals surface area contributed by atoms with E-state index in [0.29, 0.717) is 6.54 Å². The second-order valence-corrected chi connectivity index (χ2v) is 2.85. The van der Waals surface area contributed by atoms with Crippen molar-refractivity contribution in [3.05, 3.63) is 0 Å². The molecule has 4 nitrogen and oxygen atoms in total. The molecule has 0 saturated carbocycles. The SMILES string of the molecule is CO[C@@H]1CCN(CC(N)=O)C1. The summed E-state index contributed by atoms with van der Waals surface area (Å²) < 4.78 is 5.13. The fourth-order valence-corrected chi connectivity index (χ4v) is 1.35. The van der Waals surface area contributed by atoms with Crippen LogP contribution in [0.1, 0.15) is 6.42 Å². The molecule has 0 aromatic carbocycles. The van der Waals surface area contributed by atoms with Gasteiger partial charge in [-0.25, -0.2) is 0 Å². The molecule has 64 valence electrons. The lowest BCUT2D eigenvalue weighted by molar-refractivity contribution is -0.119. The van der Waals surface area contributed by atoms with Gasteiger partial charge in [-0.1, -0.05) is 0 Å². The van der Waals surface area contributed by atoms with E-state index in [9.17, 15) is 4.79 Å². The second kappa shape index (κ2) is 3.69. The molecule has 0 unspecified atom stereocenters. The summed E-state index contributed by atoms with van der Waals surface area (Å²) in [6, 6.07) is 0. The molecule has 1 heterocycles. The maximum atomic E-state index is 10.5. The van der Waals surface area contributed by atoms with Crippen LogP contribution >= 0.6 is 0 Å². The smallest absolute Gasteiger partial charge is 0.231 e. The van der Waals surface area contributed by atoms with E-state index in [1.807, 2.05) is 4.90 Å². The van der Waals surface area contributed by atoms with Gasteiger partial charge in [0.2, 0.25) is 5.91 Å². The first-order valence-corrected chi connectivity index (χ1v) is 3.76. The van der Waals surface area contributed by atoms with Crippen LogP contribution in [-0.2, 0) is 9.53 Å². The number of likely N-dealkylation sites (tertiary alicyclic amines) is 1. The van der Waals surface area contributed by atoms with Crippen molar-refractivity contribution in [2.24, 2.45) is 5.73 Å². The number of amides is 1. The molecule has 0 aromatic heterocycles. The Labute approximate surface area is 66.3 Å². The van der Waals surface area contributed by atoms with E-state index < -0.39 is 0 Å². The van der Waals surface area contributed by atoms with Gasteiger partial charge in [0.05, 0.1) is 12.6 Å². The lowest BCUT2D eigenvalue weighted by atomic mass is 10.3. The Morgan fingerprint density at radius 2 is 2.55 bits per heavy atom. The van der Waals surface area contributed by atoms with E-state index >= 15 is 0 Å². The first kappa shape index (κ1) is 8.49. The highest BCUT2D eigenvalue weighted by Crippen LogP contribution is 2.10. The van der Waals surface area contributed by atoms with Gasteiger partial charge in [-0.05, 0) is 6.42 Å². The first-order valence-electron chi connectivity index (χ1n) is 3.76. The number of nitrogens with two attached hydrogens (primary N) is 1. The average molecular weight is 158 g/mol. The van der Waals surface area contributed by atoms with Gasteiger partial charge < -0.3 is 10.5 Å². The number of methoxy groups -OCH3 is 1. The van der Waals surface area contributed by atoms with Crippen LogP contribution in [0.5, 0.6) is 0 Å². The third-order valence-electron chi connectivity index (χ3n) is 1.94. The van der Waals surface area contributed by atoms with Crippen LogP contribution in [0.2, 0.25) is 0 Å². The number of nitrogens with zero attached hydrogens (tertiary/aromatic N) is 1. The number of hydrogen-bond donors (Lipinski definition) is 1. The first-order chi connectivity index (χ1) is 5.22. The predicted molar refractivity (Wildman–Crippen MR) is 41.0 cm³/mol. The zero-order chi connectivity index (χ0) is 8.27. The Balaban J connectivity index is 2.24. The molecule has 1 aliphatic heterocycles. The van der Waals surface area contributed by atoms with Gasteiger partial charge in [0.1, 0.15) is 0 Å². The molecule has 2 N–H and O–H groups in total. The van der Waals surface area contributed by atoms with Gasteiger partial charge >= 0.3 is 0 Å². The Bertz CT molecular complexity index is 149. The molecule has 1 atom stereocenters. The van der Waals surface area contributed by atoms with Crippen LogP contribution in [0.4, 0.5) is 0 Å². The summed E-state index contributed by atoms with van der Waals surface area (Å²) in [7, 11) is 1.69. The van der Waals surface area contributed by atoms with Gasteiger partial charge in [-0.15, -0.1) is 0 Å². The van der Waals surface area contributed by atoms with Gasteiger partial charge in [0.25, 0.3) is 0 Å². The lowest BCUT2D eigenvalue weighted by Crippen LogP contribution is -2.32. The molecule has 0 bridgehead atoms. The van der Waals surface area contributed by atoms with Crippen LogP contribution in [0, 0.1) is 0 Å². The van der Waals surface area contributed by atoms with Gasteiger partial charge in [-0.3, -0.25) is 9.69 Å². The summed E-state index contributed by atoms with van der Waals surface area (Å²) in [5.41, 5.74) is 5.04.